The molecule has 0 radical (unpaired) electrons. The molecule has 25 heavy (non-hydrogen) atoms. The van der Waals surface area contributed by atoms with E-state index in [4.69, 9.17) is 23.2 Å². The molecule has 128 valence electrons. The van der Waals surface area contributed by atoms with Crippen molar-refractivity contribution in [1.82, 2.24) is 14.8 Å². The number of carbonyl (C=O) groups is 1. The van der Waals surface area contributed by atoms with Crippen LogP contribution in [0, 0.1) is 6.92 Å². The summed E-state index contributed by atoms with van der Waals surface area (Å²) in [5.41, 5.74) is 2.96. The number of aryl methyl sites for hydroxylation is 1. The average molecular weight is 376 g/mol. The van der Waals surface area contributed by atoms with Gasteiger partial charge in [0, 0.05) is 5.02 Å². The lowest BCUT2D eigenvalue weighted by atomic mass is 10.2. The molecule has 0 unspecified atom stereocenters. The molecule has 1 amide bonds. The number of nitrogens with one attached hydrogen (secondary N) is 2. The van der Waals surface area contributed by atoms with Crippen LogP contribution in [0.25, 0.3) is 5.69 Å². The van der Waals surface area contributed by atoms with Gasteiger partial charge in [0.1, 0.15) is 12.7 Å². The van der Waals surface area contributed by atoms with Crippen LogP contribution in [0.2, 0.25) is 10.0 Å². The first-order valence-corrected chi connectivity index (χ1v) is 8.23. The number of anilines is 2. The highest BCUT2D eigenvalue weighted by molar-refractivity contribution is 6.33. The number of hydrogen-bond acceptors (Lipinski definition) is 4. The van der Waals surface area contributed by atoms with E-state index in [1.807, 2.05) is 25.1 Å². The molecular weight excluding hydrogens is 361 g/mol. The SMILES string of the molecule is Cc1ccc(NCC(=O)Nc2cc(Cl)ccc2-n2cncn2)c(Cl)c1. The van der Waals surface area contributed by atoms with Crippen molar-refractivity contribution in [2.24, 2.45) is 0 Å². The summed E-state index contributed by atoms with van der Waals surface area (Å²) in [5, 5.41) is 11.0. The zero-order valence-corrected chi connectivity index (χ0v) is 14.8. The van der Waals surface area contributed by atoms with E-state index in [0.717, 1.165) is 5.56 Å². The minimum absolute atomic E-state index is 0.0616. The van der Waals surface area contributed by atoms with Crippen molar-refractivity contribution < 1.29 is 4.79 Å². The third-order valence-corrected chi connectivity index (χ3v) is 4.01. The second kappa shape index (κ2) is 7.55. The molecule has 3 aromatic rings. The van der Waals surface area contributed by atoms with Gasteiger partial charge in [0.05, 0.1) is 28.6 Å². The van der Waals surface area contributed by atoms with Crippen LogP contribution in [-0.2, 0) is 4.79 Å². The maximum Gasteiger partial charge on any atom is 0.243 e. The van der Waals surface area contributed by atoms with Crippen LogP contribution in [0.5, 0.6) is 0 Å². The zero-order valence-electron chi connectivity index (χ0n) is 13.3. The van der Waals surface area contributed by atoms with Gasteiger partial charge in [0.2, 0.25) is 5.91 Å². The second-order valence-electron chi connectivity index (χ2n) is 5.39. The van der Waals surface area contributed by atoms with E-state index in [1.165, 1.54) is 6.33 Å². The minimum atomic E-state index is -0.236. The lowest BCUT2D eigenvalue weighted by Crippen LogP contribution is -2.22. The normalized spacial score (nSPS) is 10.5. The number of amides is 1. The van der Waals surface area contributed by atoms with E-state index in [9.17, 15) is 4.79 Å². The highest BCUT2D eigenvalue weighted by Gasteiger charge is 2.11. The smallest absolute Gasteiger partial charge is 0.243 e. The van der Waals surface area contributed by atoms with Crippen LogP contribution in [0.3, 0.4) is 0 Å². The Bertz CT molecular complexity index is 896. The largest absolute Gasteiger partial charge is 0.375 e. The fourth-order valence-electron chi connectivity index (χ4n) is 2.27. The molecule has 3 rings (SSSR count). The Balaban J connectivity index is 1.72. The third kappa shape index (κ3) is 4.29. The van der Waals surface area contributed by atoms with Crippen LogP contribution >= 0.6 is 23.2 Å². The highest BCUT2D eigenvalue weighted by atomic mass is 35.5. The first-order chi connectivity index (χ1) is 12.0. The molecule has 8 heteroatoms. The molecular formula is C17H15Cl2N5O. The quantitative estimate of drug-likeness (QED) is 0.708. The maximum atomic E-state index is 12.3. The highest BCUT2D eigenvalue weighted by Crippen LogP contribution is 2.25. The number of carbonyl (C=O) groups excluding carboxylic acids is 1. The van der Waals surface area contributed by atoms with E-state index < -0.39 is 0 Å². The molecule has 0 saturated carbocycles. The number of benzene rings is 2. The van der Waals surface area contributed by atoms with Gasteiger partial charge >= 0.3 is 0 Å². The Morgan fingerprint density at radius 1 is 1.16 bits per heavy atom. The molecule has 0 aliphatic rings. The van der Waals surface area contributed by atoms with Crippen LogP contribution in [0.1, 0.15) is 5.56 Å². The third-order valence-electron chi connectivity index (χ3n) is 3.46. The van der Waals surface area contributed by atoms with Gasteiger partial charge < -0.3 is 10.6 Å². The summed E-state index contributed by atoms with van der Waals surface area (Å²) in [6.45, 7) is 2.01. The summed E-state index contributed by atoms with van der Waals surface area (Å²) in [5.74, 6) is -0.236. The molecule has 2 N–H and O–H groups in total. The van der Waals surface area contributed by atoms with E-state index in [-0.39, 0.29) is 12.5 Å². The van der Waals surface area contributed by atoms with Crippen LogP contribution in [-0.4, -0.2) is 27.2 Å². The summed E-state index contributed by atoms with van der Waals surface area (Å²) in [7, 11) is 0. The molecule has 0 spiro atoms. The molecule has 1 heterocycles. The number of aromatic nitrogens is 3. The average Bonchev–Trinajstić information content (AvgIpc) is 3.08. The standard InChI is InChI=1S/C17H15Cl2N5O/c1-11-2-4-14(13(19)6-11)21-8-17(25)23-15-7-12(18)3-5-16(15)24-10-20-9-22-24/h2-7,9-10,21H,8H2,1H3,(H,23,25). The van der Waals surface area contributed by atoms with Gasteiger partial charge in [-0.15, -0.1) is 0 Å². The Hall–Kier alpha value is -2.57. The Morgan fingerprint density at radius 2 is 2.00 bits per heavy atom. The molecule has 0 atom stereocenters. The topological polar surface area (TPSA) is 71.8 Å². The van der Waals surface area contributed by atoms with Crippen molar-refractivity contribution in [2.75, 3.05) is 17.2 Å². The summed E-state index contributed by atoms with van der Waals surface area (Å²) >= 11 is 12.2. The molecule has 1 aromatic heterocycles. The van der Waals surface area contributed by atoms with Gasteiger partial charge in [0.25, 0.3) is 0 Å². The van der Waals surface area contributed by atoms with Gasteiger partial charge in [-0.05, 0) is 42.8 Å². The number of nitrogens with zero attached hydrogens (tertiary/aromatic N) is 3. The lowest BCUT2D eigenvalue weighted by Gasteiger charge is -2.13. The summed E-state index contributed by atoms with van der Waals surface area (Å²) in [6.07, 6.45) is 2.96. The van der Waals surface area contributed by atoms with Crippen molar-refractivity contribution in [3.05, 3.63) is 64.7 Å². The molecule has 6 nitrogen and oxygen atoms in total. The Labute approximate surface area is 154 Å². The zero-order chi connectivity index (χ0) is 17.8. The van der Waals surface area contributed by atoms with Crippen molar-refractivity contribution in [3.63, 3.8) is 0 Å². The van der Waals surface area contributed by atoms with E-state index >= 15 is 0 Å². The molecule has 0 fully saturated rings. The molecule has 2 aromatic carbocycles. The maximum absolute atomic E-state index is 12.3. The molecule has 0 saturated heterocycles. The number of halogens is 2. The van der Waals surface area contributed by atoms with Crippen molar-refractivity contribution in [1.29, 1.82) is 0 Å². The summed E-state index contributed by atoms with van der Waals surface area (Å²) in [6, 6.07) is 10.7. The number of rotatable bonds is 5. The van der Waals surface area contributed by atoms with Gasteiger partial charge in [-0.2, -0.15) is 5.10 Å². The van der Waals surface area contributed by atoms with Gasteiger partial charge in [-0.25, -0.2) is 9.67 Å². The Kier molecular flexibility index (Phi) is 5.21. The fraction of sp³-hybridized carbons (Fsp3) is 0.118. The summed E-state index contributed by atoms with van der Waals surface area (Å²) in [4.78, 5) is 16.2. The Morgan fingerprint density at radius 3 is 2.72 bits per heavy atom. The molecule has 0 bridgehead atoms. The van der Waals surface area contributed by atoms with Crippen molar-refractivity contribution in [3.8, 4) is 5.69 Å². The van der Waals surface area contributed by atoms with Gasteiger partial charge in [-0.1, -0.05) is 29.3 Å². The fourth-order valence-corrected chi connectivity index (χ4v) is 2.75. The minimum Gasteiger partial charge on any atom is -0.375 e. The van der Waals surface area contributed by atoms with Crippen molar-refractivity contribution >= 4 is 40.5 Å². The van der Waals surface area contributed by atoms with Gasteiger partial charge in [0.15, 0.2) is 0 Å². The predicted octanol–water partition coefficient (Wildman–Crippen LogP) is 3.93. The first kappa shape index (κ1) is 17.3. The van der Waals surface area contributed by atoms with Crippen molar-refractivity contribution in [2.45, 2.75) is 6.92 Å². The number of hydrogen-bond donors (Lipinski definition) is 2. The van der Waals surface area contributed by atoms with Gasteiger partial charge in [-0.3, -0.25) is 4.79 Å². The van der Waals surface area contributed by atoms with Crippen LogP contribution < -0.4 is 10.6 Å². The van der Waals surface area contributed by atoms with Crippen LogP contribution in [0.15, 0.2) is 49.1 Å². The molecule has 0 aliphatic heterocycles. The lowest BCUT2D eigenvalue weighted by molar-refractivity contribution is -0.114. The van der Waals surface area contributed by atoms with E-state index in [2.05, 4.69) is 20.7 Å². The van der Waals surface area contributed by atoms with Crippen LogP contribution in [0.4, 0.5) is 11.4 Å². The van der Waals surface area contributed by atoms with E-state index in [1.54, 1.807) is 29.2 Å². The second-order valence-corrected chi connectivity index (χ2v) is 6.23. The van der Waals surface area contributed by atoms with E-state index in [0.29, 0.717) is 27.1 Å². The predicted molar refractivity (Wildman–Crippen MR) is 99.7 cm³/mol. The monoisotopic (exact) mass is 375 g/mol. The molecule has 0 aliphatic carbocycles. The summed E-state index contributed by atoms with van der Waals surface area (Å²) < 4.78 is 1.55. The first-order valence-electron chi connectivity index (χ1n) is 7.47.